The number of nitrogens with zero attached hydrogens (tertiary/aromatic N) is 1. The number of rotatable bonds is 6. The molecule has 0 N–H and O–H groups in total. The third kappa shape index (κ3) is 7.12. The number of piperidine rings is 1. The van der Waals surface area contributed by atoms with Crippen LogP contribution < -0.4 is 4.74 Å². The normalized spacial score (nSPS) is 15.2. The number of likely N-dealkylation sites (tertiary alicyclic amines) is 1. The van der Waals surface area contributed by atoms with Crippen molar-refractivity contribution in [3.05, 3.63) is 65.7 Å². The molecule has 0 aliphatic carbocycles. The lowest BCUT2D eigenvalue weighted by atomic mass is 9.94. The molecule has 0 radical (unpaired) electrons. The first-order valence-electron chi connectivity index (χ1n) is 10.6. The Hall–Kier alpha value is -2.49. The molecule has 0 saturated carbocycles. The van der Waals surface area contributed by atoms with Crippen LogP contribution in [-0.4, -0.2) is 36.3 Å². The molecule has 1 aliphatic rings. The van der Waals surface area contributed by atoms with Gasteiger partial charge in [-0.3, -0.25) is 0 Å². The van der Waals surface area contributed by atoms with Gasteiger partial charge in [0.15, 0.2) is 0 Å². The topological polar surface area (TPSA) is 38.8 Å². The summed E-state index contributed by atoms with van der Waals surface area (Å²) in [5, 5.41) is 0. The van der Waals surface area contributed by atoms with Crippen molar-refractivity contribution < 1.29 is 14.3 Å². The molecule has 2 aromatic rings. The van der Waals surface area contributed by atoms with Crippen molar-refractivity contribution in [2.24, 2.45) is 5.92 Å². The number of amides is 1. The van der Waals surface area contributed by atoms with Gasteiger partial charge in [0.1, 0.15) is 11.4 Å². The molecule has 0 aromatic heterocycles. The molecule has 4 heteroatoms. The smallest absolute Gasteiger partial charge is 0.410 e. The first-order valence-corrected chi connectivity index (χ1v) is 10.6. The second kappa shape index (κ2) is 9.82. The molecule has 3 rings (SSSR count). The summed E-state index contributed by atoms with van der Waals surface area (Å²) >= 11 is 0. The summed E-state index contributed by atoms with van der Waals surface area (Å²) in [5.41, 5.74) is 2.18. The summed E-state index contributed by atoms with van der Waals surface area (Å²) in [6, 6.07) is 18.9. The van der Waals surface area contributed by atoms with Crippen LogP contribution in [0.3, 0.4) is 0 Å². The second-order valence-corrected chi connectivity index (χ2v) is 8.85. The molecule has 0 bridgehead atoms. The Balaban J connectivity index is 1.36. The summed E-state index contributed by atoms with van der Waals surface area (Å²) in [7, 11) is 0. The molecule has 1 amide bonds. The summed E-state index contributed by atoms with van der Waals surface area (Å²) in [6.45, 7) is 7.98. The molecule has 156 valence electrons. The number of carbonyl (C=O) groups excluding carboxylic acids is 1. The van der Waals surface area contributed by atoms with E-state index in [0.29, 0.717) is 5.92 Å². The summed E-state index contributed by atoms with van der Waals surface area (Å²) in [6.07, 6.45) is 3.80. The van der Waals surface area contributed by atoms with Crippen molar-refractivity contribution in [1.29, 1.82) is 0 Å². The first kappa shape index (κ1) is 21.2. The second-order valence-electron chi connectivity index (χ2n) is 8.85. The lowest BCUT2D eigenvalue weighted by Gasteiger charge is -2.33. The first-order chi connectivity index (χ1) is 13.9. The fraction of sp³-hybridized carbons (Fsp3) is 0.480. The minimum Gasteiger partial charge on any atom is -0.494 e. The standard InChI is InChI=1S/C25H33NO3/c1-25(2,3)29-24(27)26-16-13-20(14-17-26)15-18-28-23-11-9-22(10-12-23)19-21-7-5-4-6-8-21/h4-12,20H,13-19H2,1-3H3. The average molecular weight is 396 g/mol. The van der Waals surface area contributed by atoms with Gasteiger partial charge in [-0.15, -0.1) is 0 Å². The SMILES string of the molecule is CC(C)(C)OC(=O)N1CCC(CCOc2ccc(Cc3ccccc3)cc2)CC1. The van der Waals surface area contributed by atoms with E-state index < -0.39 is 5.60 Å². The van der Waals surface area contributed by atoms with Crippen molar-refractivity contribution in [3.63, 3.8) is 0 Å². The van der Waals surface area contributed by atoms with Gasteiger partial charge in [-0.25, -0.2) is 4.79 Å². The predicted molar refractivity (Wildman–Crippen MR) is 116 cm³/mol. The van der Waals surface area contributed by atoms with Crippen molar-refractivity contribution >= 4 is 6.09 Å². The molecule has 1 aliphatic heterocycles. The average Bonchev–Trinajstić information content (AvgIpc) is 2.69. The Morgan fingerprint density at radius 2 is 1.59 bits per heavy atom. The quantitative estimate of drug-likeness (QED) is 0.630. The number of hydrogen-bond donors (Lipinski definition) is 0. The molecule has 1 fully saturated rings. The predicted octanol–water partition coefficient (Wildman–Crippen LogP) is 5.69. The number of hydrogen-bond acceptors (Lipinski definition) is 3. The van der Waals surface area contributed by atoms with Crippen LogP contribution in [0, 0.1) is 5.92 Å². The van der Waals surface area contributed by atoms with Crippen LogP contribution in [0.4, 0.5) is 4.79 Å². The minimum atomic E-state index is -0.432. The van der Waals surface area contributed by atoms with E-state index >= 15 is 0 Å². The molecule has 0 spiro atoms. The van der Waals surface area contributed by atoms with Crippen molar-refractivity contribution in [1.82, 2.24) is 4.90 Å². The van der Waals surface area contributed by atoms with Crippen LogP contribution >= 0.6 is 0 Å². The maximum Gasteiger partial charge on any atom is 0.410 e. The van der Waals surface area contributed by atoms with Gasteiger partial charge in [0.05, 0.1) is 6.61 Å². The molecule has 4 nitrogen and oxygen atoms in total. The maximum atomic E-state index is 12.1. The van der Waals surface area contributed by atoms with Crippen LogP contribution in [0.25, 0.3) is 0 Å². The van der Waals surface area contributed by atoms with E-state index in [9.17, 15) is 4.79 Å². The summed E-state index contributed by atoms with van der Waals surface area (Å²) in [4.78, 5) is 14.0. The van der Waals surface area contributed by atoms with Crippen LogP contribution in [0.1, 0.15) is 51.2 Å². The fourth-order valence-corrected chi connectivity index (χ4v) is 3.61. The van der Waals surface area contributed by atoms with Gasteiger partial charge >= 0.3 is 6.09 Å². The van der Waals surface area contributed by atoms with E-state index in [-0.39, 0.29) is 6.09 Å². The third-order valence-electron chi connectivity index (χ3n) is 5.24. The minimum absolute atomic E-state index is 0.192. The van der Waals surface area contributed by atoms with Crippen LogP contribution in [0.15, 0.2) is 54.6 Å². The van der Waals surface area contributed by atoms with Gasteiger partial charge in [-0.2, -0.15) is 0 Å². The molecule has 2 aromatic carbocycles. The number of benzene rings is 2. The fourth-order valence-electron chi connectivity index (χ4n) is 3.61. The highest BCUT2D eigenvalue weighted by Gasteiger charge is 2.26. The maximum absolute atomic E-state index is 12.1. The highest BCUT2D eigenvalue weighted by atomic mass is 16.6. The third-order valence-corrected chi connectivity index (χ3v) is 5.24. The van der Waals surface area contributed by atoms with Gasteiger partial charge in [-0.05, 0) is 75.6 Å². The lowest BCUT2D eigenvalue weighted by molar-refractivity contribution is 0.0177. The zero-order valence-electron chi connectivity index (χ0n) is 17.9. The van der Waals surface area contributed by atoms with Gasteiger partial charge in [0.25, 0.3) is 0 Å². The molecule has 1 heterocycles. The highest BCUT2D eigenvalue weighted by Crippen LogP contribution is 2.23. The molecular weight excluding hydrogens is 362 g/mol. The Bertz CT molecular complexity index is 757. The molecule has 29 heavy (non-hydrogen) atoms. The van der Waals surface area contributed by atoms with E-state index in [1.807, 2.05) is 31.7 Å². The molecule has 0 unspecified atom stereocenters. The van der Waals surface area contributed by atoms with Crippen molar-refractivity contribution in [2.45, 2.75) is 52.1 Å². The van der Waals surface area contributed by atoms with E-state index in [1.54, 1.807) is 0 Å². The Morgan fingerprint density at radius 1 is 0.966 bits per heavy atom. The molecule has 0 atom stereocenters. The largest absolute Gasteiger partial charge is 0.494 e. The van der Waals surface area contributed by atoms with Gasteiger partial charge in [0.2, 0.25) is 0 Å². The van der Waals surface area contributed by atoms with Crippen LogP contribution in [0.5, 0.6) is 5.75 Å². The highest BCUT2D eigenvalue weighted by molar-refractivity contribution is 5.68. The summed E-state index contributed by atoms with van der Waals surface area (Å²) in [5.74, 6) is 1.53. The Labute approximate surface area is 174 Å². The van der Waals surface area contributed by atoms with Gasteiger partial charge < -0.3 is 14.4 Å². The zero-order valence-corrected chi connectivity index (χ0v) is 17.9. The van der Waals surface area contributed by atoms with Gasteiger partial charge in [0, 0.05) is 13.1 Å². The van der Waals surface area contributed by atoms with E-state index in [2.05, 4.69) is 48.5 Å². The number of carbonyl (C=O) groups is 1. The lowest BCUT2D eigenvalue weighted by Crippen LogP contribution is -2.41. The van der Waals surface area contributed by atoms with Crippen molar-refractivity contribution in [2.75, 3.05) is 19.7 Å². The Kier molecular flexibility index (Phi) is 7.18. The molecular formula is C25H33NO3. The van der Waals surface area contributed by atoms with Crippen molar-refractivity contribution in [3.8, 4) is 5.75 Å². The number of ether oxygens (including phenoxy) is 2. The monoisotopic (exact) mass is 395 g/mol. The van der Waals surface area contributed by atoms with Crippen LogP contribution in [-0.2, 0) is 11.2 Å². The van der Waals surface area contributed by atoms with E-state index in [1.165, 1.54) is 11.1 Å². The zero-order chi connectivity index (χ0) is 20.7. The van der Waals surface area contributed by atoms with Gasteiger partial charge in [-0.1, -0.05) is 42.5 Å². The molecule has 1 saturated heterocycles. The van der Waals surface area contributed by atoms with E-state index in [4.69, 9.17) is 9.47 Å². The Morgan fingerprint density at radius 3 is 2.21 bits per heavy atom. The van der Waals surface area contributed by atoms with E-state index in [0.717, 1.165) is 51.1 Å². The van der Waals surface area contributed by atoms with Crippen LogP contribution in [0.2, 0.25) is 0 Å². The summed E-state index contributed by atoms with van der Waals surface area (Å²) < 4.78 is 11.4.